The van der Waals surface area contributed by atoms with Crippen molar-refractivity contribution < 1.29 is 9.21 Å². The van der Waals surface area contributed by atoms with Crippen LogP contribution in [0.5, 0.6) is 0 Å². The Morgan fingerprint density at radius 2 is 1.86 bits per heavy atom. The number of anilines is 1. The first-order valence-electron chi connectivity index (χ1n) is 9.42. The highest BCUT2D eigenvalue weighted by Crippen LogP contribution is 2.36. The number of fused-ring (bicyclic) bond motifs is 1. The summed E-state index contributed by atoms with van der Waals surface area (Å²) in [6.45, 7) is 2.88. The van der Waals surface area contributed by atoms with Gasteiger partial charge in [0.1, 0.15) is 11.6 Å². The van der Waals surface area contributed by atoms with E-state index < -0.39 is 10.5 Å². The third kappa shape index (κ3) is 5.41. The number of rotatable bonds is 9. The SMILES string of the molecule is C[C@H](Nc1nc2ccccc2o1)C(=O)NCCCN(C)C(Cl)(Cl)c1ccccc1. The number of carbonyl (C=O) groups is 1. The van der Waals surface area contributed by atoms with Gasteiger partial charge in [-0.1, -0.05) is 65.7 Å². The molecule has 0 aliphatic rings. The van der Waals surface area contributed by atoms with E-state index in [1.165, 1.54) is 0 Å². The number of halogens is 2. The number of hydrogen-bond acceptors (Lipinski definition) is 5. The minimum Gasteiger partial charge on any atom is -0.424 e. The number of para-hydroxylation sites is 2. The molecule has 1 aromatic heterocycles. The van der Waals surface area contributed by atoms with E-state index in [2.05, 4.69) is 15.6 Å². The Morgan fingerprint density at radius 3 is 2.59 bits per heavy atom. The van der Waals surface area contributed by atoms with E-state index in [1.807, 2.05) is 66.5 Å². The molecule has 2 N–H and O–H groups in total. The van der Waals surface area contributed by atoms with Crippen LogP contribution in [0.1, 0.15) is 18.9 Å². The molecule has 0 saturated carbocycles. The van der Waals surface area contributed by atoms with Crippen LogP contribution < -0.4 is 10.6 Å². The van der Waals surface area contributed by atoms with Gasteiger partial charge in [0.05, 0.1) is 0 Å². The van der Waals surface area contributed by atoms with Gasteiger partial charge in [-0.2, -0.15) is 4.98 Å². The van der Waals surface area contributed by atoms with Crippen molar-refractivity contribution in [3.05, 3.63) is 60.2 Å². The highest BCUT2D eigenvalue weighted by Gasteiger charge is 2.31. The van der Waals surface area contributed by atoms with E-state index in [1.54, 1.807) is 6.92 Å². The molecule has 0 radical (unpaired) electrons. The van der Waals surface area contributed by atoms with Crippen LogP contribution in [-0.4, -0.2) is 42.0 Å². The van der Waals surface area contributed by atoms with E-state index in [-0.39, 0.29) is 5.91 Å². The molecule has 3 rings (SSSR count). The Kier molecular flexibility index (Phi) is 7.00. The molecule has 29 heavy (non-hydrogen) atoms. The fourth-order valence-corrected chi connectivity index (χ4v) is 3.29. The standard InChI is InChI=1S/C21H24Cl2N4O2/c1-15(25-20-26-17-11-6-7-12-18(17)29-20)19(28)24-13-8-14-27(2)21(22,23)16-9-4-3-5-10-16/h3-7,9-12,15H,8,13-14H2,1-2H3,(H,24,28)(H,25,26)/t15-/m0/s1. The molecule has 0 aliphatic heterocycles. The lowest BCUT2D eigenvalue weighted by molar-refractivity contribution is -0.121. The third-order valence-corrected chi connectivity index (χ3v) is 5.61. The first-order chi connectivity index (χ1) is 13.9. The second-order valence-electron chi connectivity index (χ2n) is 6.83. The minimum absolute atomic E-state index is 0.138. The summed E-state index contributed by atoms with van der Waals surface area (Å²) in [5.74, 6) is -0.138. The van der Waals surface area contributed by atoms with Crippen LogP contribution in [0.4, 0.5) is 6.01 Å². The van der Waals surface area contributed by atoms with E-state index >= 15 is 0 Å². The van der Waals surface area contributed by atoms with Crippen LogP contribution in [0.25, 0.3) is 11.1 Å². The summed E-state index contributed by atoms with van der Waals surface area (Å²) in [6.07, 6.45) is 0.700. The summed E-state index contributed by atoms with van der Waals surface area (Å²) in [7, 11) is 1.85. The molecule has 1 amide bonds. The molecule has 6 nitrogen and oxygen atoms in total. The molecule has 1 heterocycles. The number of nitrogens with one attached hydrogen (secondary N) is 2. The molecule has 0 spiro atoms. The Balaban J connectivity index is 1.43. The van der Waals surface area contributed by atoms with Crippen molar-refractivity contribution in [3.8, 4) is 0 Å². The largest absolute Gasteiger partial charge is 0.424 e. The molecule has 0 unspecified atom stereocenters. The van der Waals surface area contributed by atoms with Crippen molar-refractivity contribution >= 4 is 46.2 Å². The van der Waals surface area contributed by atoms with Crippen molar-refractivity contribution in [1.82, 2.24) is 15.2 Å². The van der Waals surface area contributed by atoms with E-state index in [0.717, 1.165) is 11.1 Å². The summed E-state index contributed by atoms with van der Waals surface area (Å²) in [6, 6.07) is 16.8. The predicted molar refractivity (Wildman–Crippen MR) is 117 cm³/mol. The number of carbonyl (C=O) groups excluding carboxylic acids is 1. The Bertz CT molecular complexity index is 913. The molecule has 8 heteroatoms. The van der Waals surface area contributed by atoms with E-state index in [9.17, 15) is 4.79 Å². The minimum atomic E-state index is -1.12. The first kappa shape index (κ1) is 21.4. The molecule has 0 saturated heterocycles. The van der Waals surface area contributed by atoms with Crippen LogP contribution in [0.3, 0.4) is 0 Å². The quantitative estimate of drug-likeness (QED) is 0.297. The highest BCUT2D eigenvalue weighted by molar-refractivity contribution is 6.47. The summed E-state index contributed by atoms with van der Waals surface area (Å²) >= 11 is 13.0. The fraction of sp³-hybridized carbons (Fsp3) is 0.333. The van der Waals surface area contributed by atoms with Crippen molar-refractivity contribution in [2.24, 2.45) is 0 Å². The van der Waals surface area contributed by atoms with Gasteiger partial charge in [-0.05, 0) is 32.5 Å². The van der Waals surface area contributed by atoms with Crippen molar-refractivity contribution in [1.29, 1.82) is 0 Å². The maximum Gasteiger partial charge on any atom is 0.296 e. The average Bonchev–Trinajstić information content (AvgIpc) is 3.13. The van der Waals surface area contributed by atoms with Gasteiger partial charge in [0, 0.05) is 18.7 Å². The molecule has 0 fully saturated rings. The predicted octanol–water partition coefficient (Wildman–Crippen LogP) is 4.35. The van der Waals surface area contributed by atoms with Crippen LogP contribution in [-0.2, 0) is 9.25 Å². The van der Waals surface area contributed by atoms with Crippen LogP contribution in [0.2, 0.25) is 0 Å². The second-order valence-corrected chi connectivity index (χ2v) is 8.11. The van der Waals surface area contributed by atoms with Gasteiger partial charge < -0.3 is 15.1 Å². The van der Waals surface area contributed by atoms with E-state index in [4.69, 9.17) is 27.6 Å². The lowest BCUT2D eigenvalue weighted by Gasteiger charge is -2.31. The lowest BCUT2D eigenvalue weighted by Crippen LogP contribution is -2.40. The molecule has 0 bridgehead atoms. The van der Waals surface area contributed by atoms with Crippen molar-refractivity contribution in [2.75, 3.05) is 25.5 Å². The number of alkyl halides is 2. The molecule has 2 aromatic carbocycles. The third-order valence-electron chi connectivity index (χ3n) is 4.60. The maximum absolute atomic E-state index is 12.3. The summed E-state index contributed by atoms with van der Waals surface area (Å²) < 4.78 is 4.47. The van der Waals surface area contributed by atoms with Crippen molar-refractivity contribution in [2.45, 2.75) is 23.8 Å². The number of oxazole rings is 1. The zero-order valence-corrected chi connectivity index (χ0v) is 17.9. The zero-order valence-electron chi connectivity index (χ0n) is 16.4. The van der Waals surface area contributed by atoms with Crippen LogP contribution >= 0.6 is 23.2 Å². The second kappa shape index (κ2) is 9.48. The van der Waals surface area contributed by atoms with Gasteiger partial charge in [-0.25, -0.2) is 0 Å². The summed E-state index contributed by atoms with van der Waals surface area (Å²) in [4.78, 5) is 18.5. The fourth-order valence-electron chi connectivity index (χ4n) is 2.87. The first-order valence-corrected chi connectivity index (χ1v) is 10.2. The van der Waals surface area contributed by atoms with Gasteiger partial charge in [0.2, 0.25) is 5.91 Å². The Hall–Kier alpha value is -2.28. The molecule has 154 valence electrons. The number of hydrogen-bond donors (Lipinski definition) is 2. The van der Waals surface area contributed by atoms with Gasteiger partial charge in [-0.15, -0.1) is 0 Å². The van der Waals surface area contributed by atoms with Crippen LogP contribution in [0, 0.1) is 0 Å². The normalized spacial score (nSPS) is 12.9. The monoisotopic (exact) mass is 434 g/mol. The highest BCUT2D eigenvalue weighted by atomic mass is 35.5. The number of aromatic nitrogens is 1. The van der Waals surface area contributed by atoms with Gasteiger partial charge in [-0.3, -0.25) is 9.69 Å². The summed E-state index contributed by atoms with van der Waals surface area (Å²) in [5.41, 5.74) is 2.23. The maximum atomic E-state index is 12.3. The number of amides is 1. The Morgan fingerprint density at radius 1 is 1.17 bits per heavy atom. The van der Waals surface area contributed by atoms with Gasteiger partial charge in [0.15, 0.2) is 10.0 Å². The molecule has 3 aromatic rings. The smallest absolute Gasteiger partial charge is 0.296 e. The topological polar surface area (TPSA) is 70.4 Å². The van der Waals surface area contributed by atoms with Gasteiger partial charge >= 0.3 is 0 Å². The van der Waals surface area contributed by atoms with Crippen LogP contribution in [0.15, 0.2) is 59.0 Å². The molecule has 1 atom stereocenters. The molecule has 0 aliphatic carbocycles. The molecular formula is C21H24Cl2N4O2. The summed E-state index contributed by atoms with van der Waals surface area (Å²) in [5, 5.41) is 5.88. The number of nitrogens with zero attached hydrogens (tertiary/aromatic N) is 2. The van der Waals surface area contributed by atoms with Crippen molar-refractivity contribution in [3.63, 3.8) is 0 Å². The zero-order chi connectivity index (χ0) is 20.9. The van der Waals surface area contributed by atoms with Gasteiger partial charge in [0.25, 0.3) is 6.01 Å². The number of benzene rings is 2. The lowest BCUT2D eigenvalue weighted by atomic mass is 10.2. The average molecular weight is 435 g/mol. The Labute approximate surface area is 180 Å². The van der Waals surface area contributed by atoms with E-state index in [0.29, 0.717) is 31.1 Å². The molecular weight excluding hydrogens is 411 g/mol.